The molecule has 0 fully saturated rings. The first-order chi connectivity index (χ1) is 7.18. The van der Waals surface area contributed by atoms with Crippen molar-refractivity contribution in [2.75, 3.05) is 0 Å². The highest BCUT2D eigenvalue weighted by atomic mass is 32.2. The second kappa shape index (κ2) is 4.67. The van der Waals surface area contributed by atoms with Crippen molar-refractivity contribution in [2.24, 2.45) is 0 Å². The largest absolute Gasteiger partial charge is 0.533 e. The van der Waals surface area contributed by atoms with Crippen LogP contribution in [0.1, 0.15) is 26.3 Å². The third kappa shape index (κ3) is 4.45. The normalized spacial score (nSPS) is 12.9. The van der Waals surface area contributed by atoms with Crippen LogP contribution in [-0.4, -0.2) is 6.36 Å². The van der Waals surface area contributed by atoms with Crippen LogP contribution in [0.5, 0.6) is 0 Å². The van der Waals surface area contributed by atoms with Crippen molar-refractivity contribution in [1.82, 2.24) is 0 Å². The molecule has 0 saturated carbocycles. The van der Waals surface area contributed by atoms with Crippen LogP contribution in [0.15, 0.2) is 29.2 Å². The maximum Gasteiger partial charge on any atom is 0.533 e. The molecule has 16 heavy (non-hydrogen) atoms. The summed E-state index contributed by atoms with van der Waals surface area (Å²) in [4.78, 5) is 0.435. The maximum atomic E-state index is 11.8. The lowest BCUT2D eigenvalue weighted by Crippen LogP contribution is -2.10. The molecular formula is C11H13F3OS. The zero-order valence-corrected chi connectivity index (χ0v) is 10.1. The van der Waals surface area contributed by atoms with E-state index in [1.54, 1.807) is 12.1 Å². The molecule has 0 saturated heterocycles. The SMILES string of the molecule is CC(C)(C)c1ccc(SOC(F)(F)F)cc1. The second-order valence-corrected chi connectivity index (χ2v) is 5.19. The van der Waals surface area contributed by atoms with Crippen molar-refractivity contribution in [3.8, 4) is 0 Å². The van der Waals surface area contributed by atoms with Crippen LogP contribution in [0.2, 0.25) is 0 Å². The van der Waals surface area contributed by atoms with E-state index in [-0.39, 0.29) is 5.41 Å². The number of alkyl halides is 3. The highest BCUT2D eigenvalue weighted by molar-refractivity contribution is 7.94. The fourth-order valence-corrected chi connectivity index (χ4v) is 1.54. The number of hydrogen-bond acceptors (Lipinski definition) is 2. The summed E-state index contributed by atoms with van der Waals surface area (Å²) in [5, 5.41) is 0. The average molecular weight is 250 g/mol. The lowest BCUT2D eigenvalue weighted by molar-refractivity contribution is -0.266. The minimum Gasteiger partial charge on any atom is -0.215 e. The van der Waals surface area contributed by atoms with Crippen LogP contribution in [0.3, 0.4) is 0 Å². The first kappa shape index (κ1) is 13.4. The van der Waals surface area contributed by atoms with Crippen molar-refractivity contribution in [3.05, 3.63) is 29.8 Å². The van der Waals surface area contributed by atoms with Gasteiger partial charge in [-0.3, -0.25) is 0 Å². The van der Waals surface area contributed by atoms with Gasteiger partial charge < -0.3 is 0 Å². The molecule has 0 aliphatic carbocycles. The van der Waals surface area contributed by atoms with E-state index in [0.29, 0.717) is 16.9 Å². The third-order valence-corrected chi connectivity index (χ3v) is 2.69. The van der Waals surface area contributed by atoms with Gasteiger partial charge >= 0.3 is 6.36 Å². The number of halogens is 3. The van der Waals surface area contributed by atoms with E-state index in [1.165, 1.54) is 0 Å². The Kier molecular flexibility index (Phi) is 3.91. The summed E-state index contributed by atoms with van der Waals surface area (Å²) in [5.41, 5.74) is 1.07. The Hall–Kier alpha value is -0.680. The Bertz CT molecular complexity index is 338. The van der Waals surface area contributed by atoms with Crippen molar-refractivity contribution in [1.29, 1.82) is 0 Å². The minimum atomic E-state index is -4.60. The van der Waals surface area contributed by atoms with E-state index >= 15 is 0 Å². The van der Waals surface area contributed by atoms with Gasteiger partial charge in [-0.05, 0) is 23.1 Å². The lowest BCUT2D eigenvalue weighted by atomic mass is 9.87. The summed E-state index contributed by atoms with van der Waals surface area (Å²) >= 11 is 0.322. The van der Waals surface area contributed by atoms with Gasteiger partial charge in [0.1, 0.15) is 0 Å². The van der Waals surface area contributed by atoms with Gasteiger partial charge in [-0.2, -0.15) is 0 Å². The Morgan fingerprint density at radius 1 is 1.00 bits per heavy atom. The van der Waals surface area contributed by atoms with E-state index in [2.05, 4.69) is 4.18 Å². The van der Waals surface area contributed by atoms with E-state index in [1.807, 2.05) is 32.9 Å². The zero-order valence-electron chi connectivity index (χ0n) is 9.26. The summed E-state index contributed by atoms with van der Waals surface area (Å²) in [6, 6.07) is 6.86. The van der Waals surface area contributed by atoms with E-state index in [9.17, 15) is 13.2 Å². The fourth-order valence-electron chi connectivity index (χ4n) is 1.11. The van der Waals surface area contributed by atoms with Crippen LogP contribution in [0.25, 0.3) is 0 Å². The number of rotatable bonds is 2. The predicted octanol–water partition coefficient (Wildman–Crippen LogP) is 4.53. The van der Waals surface area contributed by atoms with E-state index in [0.717, 1.165) is 5.56 Å². The van der Waals surface area contributed by atoms with Crippen molar-refractivity contribution in [3.63, 3.8) is 0 Å². The van der Waals surface area contributed by atoms with E-state index < -0.39 is 6.36 Å². The van der Waals surface area contributed by atoms with Crippen molar-refractivity contribution < 1.29 is 17.4 Å². The molecule has 0 aromatic heterocycles. The van der Waals surface area contributed by atoms with Crippen LogP contribution in [0, 0.1) is 0 Å². The van der Waals surface area contributed by atoms with Crippen LogP contribution < -0.4 is 0 Å². The molecule has 1 nitrogen and oxygen atoms in total. The Balaban J connectivity index is 2.66. The van der Waals surface area contributed by atoms with Gasteiger partial charge in [0.2, 0.25) is 0 Å². The summed E-state index contributed by atoms with van der Waals surface area (Å²) in [6.45, 7) is 6.13. The van der Waals surface area contributed by atoms with E-state index in [4.69, 9.17) is 0 Å². The van der Waals surface area contributed by atoms with Crippen LogP contribution >= 0.6 is 12.0 Å². The van der Waals surface area contributed by atoms with Crippen molar-refractivity contribution in [2.45, 2.75) is 37.4 Å². The summed E-state index contributed by atoms with van der Waals surface area (Å²) in [7, 11) is 0. The number of hydrogen-bond donors (Lipinski definition) is 0. The Labute approximate surface area is 97.2 Å². The molecule has 0 unspecified atom stereocenters. The van der Waals surface area contributed by atoms with Gasteiger partial charge in [0.25, 0.3) is 0 Å². The zero-order chi connectivity index (χ0) is 12.4. The maximum absolute atomic E-state index is 11.8. The summed E-state index contributed by atoms with van der Waals surface area (Å²) in [5.74, 6) is 0. The smallest absolute Gasteiger partial charge is 0.215 e. The molecule has 0 amide bonds. The van der Waals surface area contributed by atoms with Gasteiger partial charge in [0.05, 0.1) is 0 Å². The molecule has 5 heteroatoms. The molecule has 0 atom stereocenters. The fraction of sp³-hybridized carbons (Fsp3) is 0.455. The highest BCUT2D eigenvalue weighted by Crippen LogP contribution is 2.30. The summed E-state index contributed by atoms with van der Waals surface area (Å²) in [6.07, 6.45) is -4.60. The number of benzene rings is 1. The molecule has 0 radical (unpaired) electrons. The minimum absolute atomic E-state index is 0.00587. The van der Waals surface area contributed by atoms with Crippen molar-refractivity contribution >= 4 is 12.0 Å². The molecule has 0 spiro atoms. The molecule has 90 valence electrons. The molecule has 1 aromatic rings. The van der Waals surface area contributed by atoms with Gasteiger partial charge in [0.15, 0.2) is 0 Å². The molecule has 0 heterocycles. The summed E-state index contributed by atoms with van der Waals surface area (Å²) < 4.78 is 39.0. The molecule has 0 N–H and O–H groups in total. The molecule has 1 aromatic carbocycles. The molecule has 1 rings (SSSR count). The van der Waals surface area contributed by atoms with Crippen LogP contribution in [-0.2, 0) is 9.60 Å². The predicted molar refractivity (Wildman–Crippen MR) is 58.1 cm³/mol. The Morgan fingerprint density at radius 3 is 1.88 bits per heavy atom. The third-order valence-electron chi connectivity index (χ3n) is 1.95. The topological polar surface area (TPSA) is 9.23 Å². The van der Waals surface area contributed by atoms with Gasteiger partial charge in [-0.1, -0.05) is 32.9 Å². The second-order valence-electron chi connectivity index (χ2n) is 4.39. The van der Waals surface area contributed by atoms with Gasteiger partial charge in [-0.25, -0.2) is 4.18 Å². The monoisotopic (exact) mass is 250 g/mol. The lowest BCUT2D eigenvalue weighted by Gasteiger charge is -2.18. The molecule has 0 bridgehead atoms. The first-order valence-electron chi connectivity index (χ1n) is 4.71. The molecular weight excluding hydrogens is 237 g/mol. The standard InChI is InChI=1S/C11H13F3OS/c1-10(2,3)8-4-6-9(7-5-8)16-15-11(12,13)14/h4-7H,1-3H3. The average Bonchev–Trinajstić information content (AvgIpc) is 2.13. The van der Waals surface area contributed by atoms with Gasteiger partial charge in [0, 0.05) is 16.9 Å². The first-order valence-corrected chi connectivity index (χ1v) is 5.45. The quantitative estimate of drug-likeness (QED) is 0.713. The molecule has 0 aliphatic heterocycles. The highest BCUT2D eigenvalue weighted by Gasteiger charge is 2.30. The van der Waals surface area contributed by atoms with Crippen LogP contribution in [0.4, 0.5) is 13.2 Å². The Morgan fingerprint density at radius 2 is 1.50 bits per heavy atom. The molecule has 0 aliphatic rings. The van der Waals surface area contributed by atoms with Gasteiger partial charge in [-0.15, -0.1) is 13.2 Å².